The smallest absolute Gasteiger partial charge is 0.295 e. The third-order valence-corrected chi connectivity index (χ3v) is 7.04. The van der Waals surface area contributed by atoms with E-state index < -0.39 is 0 Å². The largest absolute Gasteiger partial charge is 0.348 e. The maximum atomic E-state index is 13.9. The Labute approximate surface area is 205 Å². The number of pyridine rings is 2. The van der Waals surface area contributed by atoms with Crippen LogP contribution in [0.4, 0.5) is 4.39 Å². The number of benzene rings is 1. The lowest BCUT2D eigenvalue weighted by molar-refractivity contribution is -0.644. The van der Waals surface area contributed by atoms with E-state index in [0.717, 1.165) is 54.0 Å². The number of carbonyl (C=O) groups is 1. The number of hydrogen-bond acceptors (Lipinski definition) is 3. The Kier molecular flexibility index (Phi) is 6.34. The van der Waals surface area contributed by atoms with E-state index in [2.05, 4.69) is 22.2 Å². The van der Waals surface area contributed by atoms with Crippen LogP contribution in [0.25, 0.3) is 28.0 Å². The first-order chi connectivity index (χ1) is 16.9. The standard InChI is InChI=1S/C28H30FN5O/c1-19-15-21(6-8-24(19)29)27-23(5-4-12-30-27)22-7-9-26-33(3)18-25(34(26)17-22)28(35)31-16-20-10-13-32(2)14-11-20/h4-9,12,15,17-18,20H,10-11,13-14,16H2,1-3H3/p+1. The summed E-state index contributed by atoms with van der Waals surface area (Å²) in [6.07, 6.45) is 7.81. The van der Waals surface area contributed by atoms with Crippen LogP contribution in [-0.2, 0) is 7.05 Å². The lowest BCUT2D eigenvalue weighted by atomic mass is 9.97. The molecule has 1 aliphatic heterocycles. The molecule has 180 valence electrons. The van der Waals surface area contributed by atoms with Gasteiger partial charge in [0.2, 0.25) is 5.69 Å². The third-order valence-electron chi connectivity index (χ3n) is 7.04. The van der Waals surface area contributed by atoms with Crippen LogP contribution in [0.1, 0.15) is 28.9 Å². The second-order valence-corrected chi connectivity index (χ2v) is 9.59. The van der Waals surface area contributed by atoms with Gasteiger partial charge in [0, 0.05) is 35.5 Å². The number of aromatic nitrogens is 3. The molecule has 4 aromatic rings. The highest BCUT2D eigenvalue weighted by atomic mass is 19.1. The van der Waals surface area contributed by atoms with Crippen LogP contribution in [-0.4, -0.2) is 46.9 Å². The first kappa shape index (κ1) is 23.2. The van der Waals surface area contributed by atoms with Crippen molar-refractivity contribution in [2.75, 3.05) is 26.7 Å². The average Bonchev–Trinajstić information content (AvgIpc) is 3.21. The zero-order valence-electron chi connectivity index (χ0n) is 20.5. The molecule has 1 aromatic carbocycles. The van der Waals surface area contributed by atoms with E-state index in [4.69, 9.17) is 0 Å². The number of fused-ring (bicyclic) bond motifs is 1. The molecule has 0 aliphatic carbocycles. The van der Waals surface area contributed by atoms with Gasteiger partial charge in [-0.2, -0.15) is 4.40 Å². The predicted molar refractivity (Wildman–Crippen MR) is 134 cm³/mol. The fourth-order valence-corrected chi connectivity index (χ4v) is 4.87. The first-order valence-electron chi connectivity index (χ1n) is 12.1. The Morgan fingerprint density at radius 1 is 1.17 bits per heavy atom. The molecule has 1 N–H and O–H groups in total. The second-order valence-electron chi connectivity index (χ2n) is 9.59. The van der Waals surface area contributed by atoms with Gasteiger partial charge in [0.15, 0.2) is 0 Å². The van der Waals surface area contributed by atoms with Crippen molar-refractivity contribution in [1.29, 1.82) is 0 Å². The summed E-state index contributed by atoms with van der Waals surface area (Å²) in [5.74, 6) is 0.212. The number of nitrogens with zero attached hydrogens (tertiary/aromatic N) is 4. The van der Waals surface area contributed by atoms with Crippen molar-refractivity contribution in [2.24, 2.45) is 13.0 Å². The minimum Gasteiger partial charge on any atom is -0.348 e. The van der Waals surface area contributed by atoms with Gasteiger partial charge in [-0.15, -0.1) is 0 Å². The Balaban J connectivity index is 1.47. The van der Waals surface area contributed by atoms with Crippen molar-refractivity contribution in [1.82, 2.24) is 19.6 Å². The predicted octanol–water partition coefficient (Wildman–Crippen LogP) is 4.01. The van der Waals surface area contributed by atoms with Gasteiger partial charge in [0.1, 0.15) is 18.2 Å². The molecule has 1 fully saturated rings. The molecule has 0 unspecified atom stereocenters. The Morgan fingerprint density at radius 2 is 1.94 bits per heavy atom. The minimum absolute atomic E-state index is 0.0720. The van der Waals surface area contributed by atoms with Crippen LogP contribution >= 0.6 is 0 Å². The van der Waals surface area contributed by atoms with Crippen LogP contribution in [0.2, 0.25) is 0 Å². The van der Waals surface area contributed by atoms with E-state index in [1.165, 1.54) is 6.07 Å². The highest BCUT2D eigenvalue weighted by molar-refractivity contribution is 5.93. The van der Waals surface area contributed by atoms with E-state index in [1.807, 2.05) is 58.7 Å². The number of piperidine rings is 1. The summed E-state index contributed by atoms with van der Waals surface area (Å²) in [7, 11) is 4.09. The SMILES string of the molecule is Cc1cc(-c2ncccc2-c2ccc3n(c2)c(C(=O)NCC2CCN(C)CC2)c[n+]3C)ccc1F. The van der Waals surface area contributed by atoms with Gasteiger partial charge in [0.25, 0.3) is 11.6 Å². The van der Waals surface area contributed by atoms with Crippen molar-refractivity contribution < 1.29 is 13.8 Å². The highest BCUT2D eigenvalue weighted by Crippen LogP contribution is 2.31. The van der Waals surface area contributed by atoms with E-state index >= 15 is 0 Å². The molecule has 1 aliphatic rings. The van der Waals surface area contributed by atoms with E-state index in [0.29, 0.717) is 23.7 Å². The van der Waals surface area contributed by atoms with E-state index in [1.54, 1.807) is 19.2 Å². The zero-order chi connectivity index (χ0) is 24.5. The zero-order valence-corrected chi connectivity index (χ0v) is 20.5. The Bertz CT molecular complexity index is 1390. The summed E-state index contributed by atoms with van der Waals surface area (Å²) in [5, 5.41) is 3.16. The summed E-state index contributed by atoms with van der Waals surface area (Å²) in [6.45, 7) is 4.60. The maximum absolute atomic E-state index is 13.9. The summed E-state index contributed by atoms with van der Waals surface area (Å²) in [4.78, 5) is 20.1. The number of halogens is 1. The van der Waals surface area contributed by atoms with Gasteiger partial charge in [-0.1, -0.05) is 6.07 Å². The van der Waals surface area contributed by atoms with Crippen molar-refractivity contribution in [2.45, 2.75) is 19.8 Å². The average molecular weight is 473 g/mol. The lowest BCUT2D eigenvalue weighted by Crippen LogP contribution is -2.37. The monoisotopic (exact) mass is 472 g/mol. The molecule has 35 heavy (non-hydrogen) atoms. The minimum atomic E-state index is -0.233. The summed E-state index contributed by atoms with van der Waals surface area (Å²) < 4.78 is 17.8. The van der Waals surface area contributed by atoms with Crippen LogP contribution in [0.3, 0.4) is 0 Å². The molecule has 7 heteroatoms. The molecular formula is C28H31FN5O+. The quantitative estimate of drug-likeness (QED) is 0.447. The molecule has 1 amide bonds. The fourth-order valence-electron chi connectivity index (χ4n) is 4.87. The topological polar surface area (TPSA) is 53.5 Å². The molecule has 0 spiro atoms. The molecule has 0 atom stereocenters. The third kappa shape index (κ3) is 4.68. The summed E-state index contributed by atoms with van der Waals surface area (Å²) in [6, 6.07) is 13.0. The van der Waals surface area contributed by atoms with Crippen LogP contribution in [0, 0.1) is 18.7 Å². The number of hydrogen-bond donors (Lipinski definition) is 1. The Morgan fingerprint density at radius 3 is 2.71 bits per heavy atom. The van der Waals surface area contributed by atoms with Crippen molar-refractivity contribution >= 4 is 11.6 Å². The van der Waals surface area contributed by atoms with Gasteiger partial charge in [-0.25, -0.2) is 8.96 Å². The summed E-state index contributed by atoms with van der Waals surface area (Å²) >= 11 is 0. The van der Waals surface area contributed by atoms with Gasteiger partial charge >= 0.3 is 0 Å². The number of rotatable bonds is 5. The molecule has 0 saturated carbocycles. The Hall–Kier alpha value is -3.58. The number of amides is 1. The van der Waals surface area contributed by atoms with Crippen molar-refractivity contribution in [3.63, 3.8) is 0 Å². The van der Waals surface area contributed by atoms with Crippen LogP contribution in [0.15, 0.2) is 61.1 Å². The van der Waals surface area contributed by atoms with Crippen molar-refractivity contribution in [3.8, 4) is 22.4 Å². The van der Waals surface area contributed by atoms with Gasteiger partial charge in [-0.05, 0) is 81.7 Å². The second kappa shape index (κ2) is 9.58. The van der Waals surface area contributed by atoms with E-state index in [-0.39, 0.29) is 11.7 Å². The van der Waals surface area contributed by atoms with Gasteiger partial charge in [-0.3, -0.25) is 9.78 Å². The number of imidazole rings is 1. The van der Waals surface area contributed by atoms with Gasteiger partial charge < -0.3 is 10.2 Å². The highest BCUT2D eigenvalue weighted by Gasteiger charge is 2.24. The summed E-state index contributed by atoms with van der Waals surface area (Å²) in [5.41, 5.74) is 5.59. The molecule has 5 rings (SSSR count). The van der Waals surface area contributed by atoms with Crippen LogP contribution in [0.5, 0.6) is 0 Å². The number of likely N-dealkylation sites (tertiary alicyclic amines) is 1. The lowest BCUT2D eigenvalue weighted by Gasteiger charge is -2.28. The molecular weight excluding hydrogens is 441 g/mol. The molecule has 4 heterocycles. The molecule has 1 saturated heterocycles. The molecule has 3 aromatic heterocycles. The normalized spacial score (nSPS) is 15.0. The molecule has 0 radical (unpaired) electrons. The van der Waals surface area contributed by atoms with Crippen molar-refractivity contribution in [3.05, 3.63) is 78.1 Å². The molecule has 0 bridgehead atoms. The number of carbonyl (C=O) groups excluding carboxylic acids is 1. The van der Waals surface area contributed by atoms with Gasteiger partial charge in [0.05, 0.1) is 12.7 Å². The molecule has 6 nitrogen and oxygen atoms in total. The first-order valence-corrected chi connectivity index (χ1v) is 12.1. The number of nitrogens with one attached hydrogen (secondary N) is 1. The maximum Gasteiger partial charge on any atom is 0.295 e. The fraction of sp³-hybridized carbons (Fsp3) is 0.321. The number of aryl methyl sites for hydroxylation is 2. The van der Waals surface area contributed by atoms with E-state index in [9.17, 15) is 9.18 Å². The van der Waals surface area contributed by atoms with Crippen LogP contribution < -0.4 is 9.88 Å².